The third kappa shape index (κ3) is 6.06. The van der Waals surface area contributed by atoms with Gasteiger partial charge < -0.3 is 9.47 Å². The van der Waals surface area contributed by atoms with E-state index in [2.05, 4.69) is 31.9 Å². The standard InChI is InChI=1S/C14H17Br2F3O2/c1-3-20-12-7-9(10(15)5-6-14(17,18)19)11(16)8-13(12)21-4-2/h7-8,10H,3-6H2,1-2H3. The summed E-state index contributed by atoms with van der Waals surface area (Å²) in [6.07, 6.45) is -5.04. The highest BCUT2D eigenvalue weighted by molar-refractivity contribution is 9.11. The SMILES string of the molecule is CCOc1cc(Br)c(C(Br)CCC(F)(F)F)cc1OCC. The number of halogens is 5. The summed E-state index contributed by atoms with van der Waals surface area (Å²) in [5.41, 5.74) is 0.714. The topological polar surface area (TPSA) is 18.5 Å². The molecule has 0 heterocycles. The van der Waals surface area contributed by atoms with E-state index in [0.29, 0.717) is 34.7 Å². The van der Waals surface area contributed by atoms with Crippen molar-refractivity contribution in [2.75, 3.05) is 13.2 Å². The van der Waals surface area contributed by atoms with Crippen LogP contribution in [0.4, 0.5) is 13.2 Å². The fraction of sp³-hybridized carbons (Fsp3) is 0.571. The Morgan fingerprint density at radius 3 is 2.10 bits per heavy atom. The summed E-state index contributed by atoms with van der Waals surface area (Å²) in [5, 5.41) is 0. The van der Waals surface area contributed by atoms with Crippen molar-refractivity contribution in [3.63, 3.8) is 0 Å². The monoisotopic (exact) mass is 432 g/mol. The Morgan fingerprint density at radius 2 is 1.62 bits per heavy atom. The first-order valence-corrected chi connectivity index (χ1v) is 8.29. The molecule has 0 aliphatic heterocycles. The average Bonchev–Trinajstić information content (AvgIpc) is 2.38. The van der Waals surface area contributed by atoms with E-state index in [1.807, 2.05) is 13.8 Å². The molecule has 1 rings (SSSR count). The van der Waals surface area contributed by atoms with Gasteiger partial charge in [-0.2, -0.15) is 13.2 Å². The number of alkyl halides is 4. The second kappa shape index (κ2) is 8.27. The predicted octanol–water partition coefficient (Wildman–Crippen LogP) is 6.03. The zero-order valence-electron chi connectivity index (χ0n) is 11.8. The lowest BCUT2D eigenvalue weighted by Gasteiger charge is -2.18. The van der Waals surface area contributed by atoms with Crippen molar-refractivity contribution in [2.45, 2.75) is 37.7 Å². The molecule has 1 unspecified atom stereocenters. The van der Waals surface area contributed by atoms with Gasteiger partial charge in [0.1, 0.15) is 0 Å². The molecule has 0 bridgehead atoms. The Labute approximate surface area is 139 Å². The highest BCUT2D eigenvalue weighted by Gasteiger charge is 2.29. The minimum Gasteiger partial charge on any atom is -0.490 e. The Kier molecular flexibility index (Phi) is 7.33. The predicted molar refractivity (Wildman–Crippen MR) is 83.4 cm³/mol. The van der Waals surface area contributed by atoms with Crippen molar-refractivity contribution in [2.24, 2.45) is 0 Å². The van der Waals surface area contributed by atoms with Gasteiger partial charge in [0, 0.05) is 15.7 Å². The lowest BCUT2D eigenvalue weighted by Crippen LogP contribution is -2.08. The van der Waals surface area contributed by atoms with Crippen LogP contribution in [0, 0.1) is 0 Å². The average molecular weight is 434 g/mol. The maximum atomic E-state index is 12.3. The summed E-state index contributed by atoms with van der Waals surface area (Å²) >= 11 is 6.69. The van der Waals surface area contributed by atoms with Crippen LogP contribution in [0.15, 0.2) is 16.6 Å². The highest BCUT2D eigenvalue weighted by Crippen LogP contribution is 2.41. The maximum Gasteiger partial charge on any atom is 0.389 e. The molecule has 0 aromatic heterocycles. The molecule has 1 aromatic carbocycles. The van der Waals surface area contributed by atoms with Gasteiger partial charge in [0.05, 0.1) is 13.2 Å². The summed E-state index contributed by atoms with van der Waals surface area (Å²) in [4.78, 5) is -0.414. The molecule has 1 aromatic rings. The third-order valence-corrected chi connectivity index (χ3v) is 4.32. The molecule has 0 aliphatic rings. The Bertz CT molecular complexity index is 464. The van der Waals surface area contributed by atoms with Crippen LogP contribution in [0.5, 0.6) is 11.5 Å². The van der Waals surface area contributed by atoms with Gasteiger partial charge in [0.25, 0.3) is 0 Å². The number of rotatable bonds is 7. The molecule has 120 valence electrons. The number of hydrogen-bond acceptors (Lipinski definition) is 2. The number of ether oxygens (including phenoxy) is 2. The first kappa shape index (κ1) is 18.6. The van der Waals surface area contributed by atoms with Crippen molar-refractivity contribution < 1.29 is 22.6 Å². The van der Waals surface area contributed by atoms with E-state index >= 15 is 0 Å². The highest BCUT2D eigenvalue weighted by atomic mass is 79.9. The molecule has 0 spiro atoms. The van der Waals surface area contributed by atoms with Gasteiger partial charge >= 0.3 is 6.18 Å². The van der Waals surface area contributed by atoms with Gasteiger partial charge in [-0.25, -0.2) is 0 Å². The normalized spacial score (nSPS) is 13.1. The van der Waals surface area contributed by atoms with Crippen LogP contribution in [0.25, 0.3) is 0 Å². The van der Waals surface area contributed by atoms with Gasteiger partial charge in [-0.1, -0.05) is 31.9 Å². The van der Waals surface area contributed by atoms with E-state index in [1.165, 1.54) is 0 Å². The molecule has 0 amide bonds. The van der Waals surface area contributed by atoms with Gasteiger partial charge in [-0.05, 0) is 38.0 Å². The number of benzene rings is 1. The quantitative estimate of drug-likeness (QED) is 0.489. The van der Waals surface area contributed by atoms with Crippen LogP contribution in [0.3, 0.4) is 0 Å². The van der Waals surface area contributed by atoms with Crippen LogP contribution >= 0.6 is 31.9 Å². The maximum absolute atomic E-state index is 12.3. The molecule has 0 saturated heterocycles. The van der Waals surface area contributed by atoms with E-state index < -0.39 is 17.4 Å². The first-order valence-electron chi connectivity index (χ1n) is 6.58. The van der Waals surface area contributed by atoms with Crippen molar-refractivity contribution in [3.8, 4) is 11.5 Å². The van der Waals surface area contributed by atoms with E-state index in [4.69, 9.17) is 9.47 Å². The van der Waals surface area contributed by atoms with Crippen molar-refractivity contribution in [1.82, 2.24) is 0 Å². The molecular weight excluding hydrogens is 417 g/mol. The Hall–Kier alpha value is -0.430. The fourth-order valence-corrected chi connectivity index (χ4v) is 3.29. The lowest BCUT2D eigenvalue weighted by molar-refractivity contribution is -0.135. The molecule has 0 radical (unpaired) electrons. The molecule has 0 aliphatic carbocycles. The van der Waals surface area contributed by atoms with Crippen LogP contribution < -0.4 is 9.47 Å². The summed E-state index contributed by atoms with van der Waals surface area (Å²) in [6.45, 7) is 4.63. The number of hydrogen-bond donors (Lipinski definition) is 0. The van der Waals surface area contributed by atoms with Gasteiger partial charge in [-0.15, -0.1) is 0 Å². The van der Waals surface area contributed by atoms with Crippen molar-refractivity contribution >= 4 is 31.9 Å². The largest absolute Gasteiger partial charge is 0.490 e. The van der Waals surface area contributed by atoms with E-state index in [1.54, 1.807) is 12.1 Å². The van der Waals surface area contributed by atoms with Crippen LogP contribution in [0.1, 0.15) is 37.1 Å². The van der Waals surface area contributed by atoms with Crippen LogP contribution in [-0.2, 0) is 0 Å². The van der Waals surface area contributed by atoms with E-state index in [-0.39, 0.29) is 6.42 Å². The summed E-state index contributed by atoms with van der Waals surface area (Å²) in [7, 11) is 0. The zero-order chi connectivity index (χ0) is 16.0. The molecule has 2 nitrogen and oxygen atoms in total. The molecular formula is C14H17Br2F3O2. The fourth-order valence-electron chi connectivity index (χ4n) is 1.77. The summed E-state index contributed by atoms with van der Waals surface area (Å²) in [6, 6.07) is 3.44. The smallest absolute Gasteiger partial charge is 0.389 e. The van der Waals surface area contributed by atoms with Gasteiger partial charge in [0.2, 0.25) is 0 Å². The Morgan fingerprint density at radius 1 is 1.10 bits per heavy atom. The zero-order valence-corrected chi connectivity index (χ0v) is 14.9. The first-order chi connectivity index (χ1) is 9.78. The summed E-state index contributed by atoms with van der Waals surface area (Å²) < 4.78 is 48.6. The summed E-state index contributed by atoms with van der Waals surface area (Å²) in [5.74, 6) is 1.11. The molecule has 21 heavy (non-hydrogen) atoms. The molecule has 0 saturated carbocycles. The van der Waals surface area contributed by atoms with Crippen LogP contribution in [-0.4, -0.2) is 19.4 Å². The van der Waals surface area contributed by atoms with Crippen molar-refractivity contribution in [3.05, 3.63) is 22.2 Å². The molecule has 7 heteroatoms. The second-order valence-corrected chi connectivity index (χ2v) is 6.27. The lowest BCUT2D eigenvalue weighted by atomic mass is 10.1. The van der Waals surface area contributed by atoms with Gasteiger partial charge in [-0.3, -0.25) is 0 Å². The van der Waals surface area contributed by atoms with E-state index in [0.717, 1.165) is 0 Å². The molecule has 0 fully saturated rings. The van der Waals surface area contributed by atoms with Crippen LogP contribution in [0.2, 0.25) is 0 Å². The Balaban J connectivity index is 2.98. The third-order valence-electron chi connectivity index (χ3n) is 2.68. The van der Waals surface area contributed by atoms with E-state index in [9.17, 15) is 13.2 Å². The second-order valence-electron chi connectivity index (χ2n) is 4.31. The van der Waals surface area contributed by atoms with Gasteiger partial charge in [0.15, 0.2) is 11.5 Å². The minimum absolute atomic E-state index is 0.0400. The minimum atomic E-state index is -4.16. The van der Waals surface area contributed by atoms with Crippen molar-refractivity contribution in [1.29, 1.82) is 0 Å². The molecule has 1 atom stereocenters. The molecule has 0 N–H and O–H groups in total.